The number of H-pyrrole nitrogens is 1. The molecule has 0 radical (unpaired) electrons. The molecular formula is C27H31FN2O2. The van der Waals surface area contributed by atoms with E-state index < -0.39 is 17.2 Å². The minimum atomic E-state index is -0.917. The summed E-state index contributed by atoms with van der Waals surface area (Å²) in [6, 6.07) is 15.7. The zero-order valence-corrected chi connectivity index (χ0v) is 19.6. The molecule has 1 N–H and O–H groups in total. The van der Waals surface area contributed by atoms with Gasteiger partial charge < -0.3 is 9.88 Å². The van der Waals surface area contributed by atoms with Crippen LogP contribution < -0.4 is 10.3 Å². The lowest BCUT2D eigenvalue weighted by Crippen LogP contribution is -2.37. The van der Waals surface area contributed by atoms with Crippen molar-refractivity contribution in [1.29, 1.82) is 0 Å². The van der Waals surface area contributed by atoms with Gasteiger partial charge in [-0.3, -0.25) is 9.59 Å². The lowest BCUT2D eigenvalue weighted by atomic mass is 9.91. The molecule has 1 amide bonds. The van der Waals surface area contributed by atoms with Crippen LogP contribution in [0.2, 0.25) is 0 Å². The first-order chi connectivity index (χ1) is 15.1. The van der Waals surface area contributed by atoms with Crippen LogP contribution in [-0.4, -0.2) is 10.9 Å². The van der Waals surface area contributed by atoms with Crippen LogP contribution in [0.4, 0.5) is 10.1 Å². The second-order valence-electron chi connectivity index (χ2n) is 8.86. The molecule has 1 aromatic heterocycles. The fourth-order valence-electron chi connectivity index (χ4n) is 4.08. The molecule has 0 aliphatic carbocycles. The summed E-state index contributed by atoms with van der Waals surface area (Å²) in [7, 11) is 0. The van der Waals surface area contributed by atoms with Crippen molar-refractivity contribution < 1.29 is 9.18 Å². The van der Waals surface area contributed by atoms with Gasteiger partial charge in [0, 0.05) is 5.69 Å². The van der Waals surface area contributed by atoms with Crippen molar-refractivity contribution in [3.8, 4) is 0 Å². The van der Waals surface area contributed by atoms with Crippen LogP contribution in [0.25, 0.3) is 0 Å². The number of anilines is 1. The smallest absolute Gasteiger partial charge is 0.264 e. The van der Waals surface area contributed by atoms with E-state index in [4.69, 9.17) is 0 Å². The lowest BCUT2D eigenvalue weighted by Gasteiger charge is -2.30. The number of aryl methyl sites for hydroxylation is 2. The van der Waals surface area contributed by atoms with Crippen LogP contribution in [0, 0.1) is 19.7 Å². The number of halogens is 1. The first-order valence-corrected chi connectivity index (χ1v) is 11.0. The molecule has 168 valence electrons. The van der Waals surface area contributed by atoms with Gasteiger partial charge in [-0.15, -0.1) is 0 Å². The Bertz CT molecular complexity index is 1150. The third-order valence-corrected chi connectivity index (χ3v) is 5.76. The van der Waals surface area contributed by atoms with E-state index in [2.05, 4.69) is 32.7 Å². The molecule has 5 heteroatoms. The SMILES string of the molecule is Cc1[nH]c(C)c(C(=O)N(Cc2ccccc2)c2c(C(C)C)cccc2C(C)C)c(=O)c1F. The molecule has 0 spiro atoms. The quantitative estimate of drug-likeness (QED) is 0.500. The van der Waals surface area contributed by atoms with E-state index in [1.807, 2.05) is 48.5 Å². The Morgan fingerprint density at radius 1 is 0.906 bits per heavy atom. The highest BCUT2D eigenvalue weighted by molar-refractivity contribution is 6.07. The lowest BCUT2D eigenvalue weighted by molar-refractivity contribution is 0.0982. The number of para-hydroxylation sites is 1. The van der Waals surface area contributed by atoms with Gasteiger partial charge in [0.15, 0.2) is 5.82 Å². The number of hydrogen-bond acceptors (Lipinski definition) is 2. The highest BCUT2D eigenvalue weighted by atomic mass is 19.1. The van der Waals surface area contributed by atoms with Crippen LogP contribution in [0.15, 0.2) is 53.3 Å². The van der Waals surface area contributed by atoms with E-state index in [-0.39, 0.29) is 29.6 Å². The molecule has 0 bridgehead atoms. The number of rotatable bonds is 6. The average Bonchev–Trinajstić information content (AvgIpc) is 2.76. The van der Waals surface area contributed by atoms with Crippen molar-refractivity contribution in [2.75, 3.05) is 4.90 Å². The standard InChI is InChI=1S/C27H31FN2O2/c1-16(2)21-13-10-14-22(17(3)4)25(21)30(15-20-11-8-7-9-12-20)27(32)23-18(5)29-19(6)24(28)26(23)31/h7-14,16-17H,15H2,1-6H3,(H,29,31). The molecule has 3 aromatic rings. The van der Waals surface area contributed by atoms with Crippen LogP contribution in [0.5, 0.6) is 0 Å². The highest BCUT2D eigenvalue weighted by Crippen LogP contribution is 2.37. The highest BCUT2D eigenvalue weighted by Gasteiger charge is 2.29. The van der Waals surface area contributed by atoms with Gasteiger partial charge in [0.05, 0.1) is 17.9 Å². The molecule has 0 atom stereocenters. The normalized spacial score (nSPS) is 11.3. The van der Waals surface area contributed by atoms with Crippen LogP contribution >= 0.6 is 0 Å². The van der Waals surface area contributed by atoms with Crippen LogP contribution in [0.3, 0.4) is 0 Å². The summed E-state index contributed by atoms with van der Waals surface area (Å²) in [5, 5.41) is 0. The summed E-state index contributed by atoms with van der Waals surface area (Å²) in [6.45, 7) is 11.7. The Balaban J connectivity index is 2.30. The first-order valence-electron chi connectivity index (χ1n) is 11.0. The molecule has 0 unspecified atom stereocenters. The third-order valence-electron chi connectivity index (χ3n) is 5.76. The van der Waals surface area contributed by atoms with Gasteiger partial charge in [-0.25, -0.2) is 4.39 Å². The number of nitrogens with zero attached hydrogens (tertiary/aromatic N) is 1. The number of carbonyl (C=O) groups is 1. The fourth-order valence-corrected chi connectivity index (χ4v) is 4.08. The molecule has 32 heavy (non-hydrogen) atoms. The minimum absolute atomic E-state index is 0.129. The molecule has 4 nitrogen and oxygen atoms in total. The number of nitrogens with one attached hydrogen (secondary N) is 1. The van der Waals surface area contributed by atoms with Gasteiger partial charge in [0.1, 0.15) is 5.56 Å². The summed E-state index contributed by atoms with van der Waals surface area (Å²) < 4.78 is 14.5. The second kappa shape index (κ2) is 9.51. The maximum atomic E-state index is 14.5. The maximum absolute atomic E-state index is 14.5. The Hall–Kier alpha value is -3.21. The molecule has 2 aromatic carbocycles. The molecule has 0 aliphatic heterocycles. The van der Waals surface area contributed by atoms with E-state index in [0.29, 0.717) is 5.69 Å². The van der Waals surface area contributed by atoms with Crippen molar-refractivity contribution >= 4 is 11.6 Å². The van der Waals surface area contributed by atoms with Gasteiger partial charge >= 0.3 is 0 Å². The molecular weight excluding hydrogens is 403 g/mol. The molecule has 3 rings (SSSR count). The van der Waals surface area contributed by atoms with Crippen LogP contribution in [-0.2, 0) is 6.54 Å². The number of amides is 1. The Kier molecular flexibility index (Phi) is 6.97. The van der Waals surface area contributed by atoms with Gasteiger partial charge in [0.2, 0.25) is 5.43 Å². The number of benzene rings is 2. The summed E-state index contributed by atoms with van der Waals surface area (Å²) in [6.07, 6.45) is 0. The van der Waals surface area contributed by atoms with Gasteiger partial charge in [-0.1, -0.05) is 76.2 Å². The fraction of sp³-hybridized carbons (Fsp3) is 0.333. The second-order valence-corrected chi connectivity index (χ2v) is 8.86. The van der Waals surface area contributed by atoms with E-state index in [0.717, 1.165) is 22.4 Å². The zero-order valence-electron chi connectivity index (χ0n) is 19.6. The number of aromatic amines is 1. The topological polar surface area (TPSA) is 53.2 Å². The molecule has 0 fully saturated rings. The number of carbonyl (C=O) groups excluding carboxylic acids is 1. The minimum Gasteiger partial charge on any atom is -0.359 e. The number of aromatic nitrogens is 1. The molecule has 0 saturated carbocycles. The summed E-state index contributed by atoms with van der Waals surface area (Å²) >= 11 is 0. The first kappa shape index (κ1) is 23.5. The molecule has 0 saturated heterocycles. The zero-order chi connectivity index (χ0) is 23.6. The molecule has 1 heterocycles. The Morgan fingerprint density at radius 2 is 1.47 bits per heavy atom. The maximum Gasteiger partial charge on any atom is 0.264 e. The van der Waals surface area contributed by atoms with Gasteiger partial charge in [-0.05, 0) is 42.4 Å². The van der Waals surface area contributed by atoms with Gasteiger partial charge in [0.25, 0.3) is 5.91 Å². The van der Waals surface area contributed by atoms with Gasteiger partial charge in [-0.2, -0.15) is 0 Å². The van der Waals surface area contributed by atoms with Crippen molar-refractivity contribution in [2.24, 2.45) is 0 Å². The van der Waals surface area contributed by atoms with E-state index in [1.54, 1.807) is 11.8 Å². The van der Waals surface area contributed by atoms with E-state index >= 15 is 0 Å². The van der Waals surface area contributed by atoms with Crippen molar-refractivity contribution in [2.45, 2.75) is 59.9 Å². The monoisotopic (exact) mass is 434 g/mol. The Morgan fingerprint density at radius 3 is 2.00 bits per heavy atom. The van der Waals surface area contributed by atoms with Crippen molar-refractivity contribution in [1.82, 2.24) is 4.98 Å². The predicted molar refractivity (Wildman–Crippen MR) is 128 cm³/mol. The number of hydrogen-bond donors (Lipinski definition) is 1. The summed E-state index contributed by atoms with van der Waals surface area (Å²) in [5.74, 6) is -1.10. The van der Waals surface area contributed by atoms with Crippen LogP contribution in [0.1, 0.15) is 78.0 Å². The Labute approximate surface area is 189 Å². The van der Waals surface area contributed by atoms with E-state index in [9.17, 15) is 14.0 Å². The van der Waals surface area contributed by atoms with Crippen molar-refractivity contribution in [3.63, 3.8) is 0 Å². The predicted octanol–water partition coefficient (Wildman–Crippen LogP) is 6.22. The molecule has 0 aliphatic rings. The third kappa shape index (κ3) is 4.52. The van der Waals surface area contributed by atoms with Crippen molar-refractivity contribution in [3.05, 3.63) is 98.2 Å². The van der Waals surface area contributed by atoms with E-state index in [1.165, 1.54) is 6.92 Å². The largest absolute Gasteiger partial charge is 0.359 e. The summed E-state index contributed by atoms with van der Waals surface area (Å²) in [4.78, 5) is 31.3. The summed E-state index contributed by atoms with van der Waals surface area (Å²) in [5.41, 5.74) is 3.23. The number of pyridine rings is 1. The average molecular weight is 435 g/mol.